The van der Waals surface area contributed by atoms with E-state index in [4.69, 9.17) is 10.5 Å². The second-order valence-corrected chi connectivity index (χ2v) is 3.19. The van der Waals surface area contributed by atoms with Crippen molar-refractivity contribution >= 4 is 12.4 Å². The van der Waals surface area contributed by atoms with Gasteiger partial charge in [0.25, 0.3) is 0 Å². The second kappa shape index (κ2) is 7.56. The van der Waals surface area contributed by atoms with Gasteiger partial charge in [-0.05, 0) is 20.3 Å². The van der Waals surface area contributed by atoms with Crippen LogP contribution in [0.5, 0.6) is 0 Å². The molecule has 2 atom stereocenters. The van der Waals surface area contributed by atoms with Gasteiger partial charge in [-0.25, -0.2) is 0 Å². The number of aliphatic hydroxyl groups is 1. The zero-order valence-electron chi connectivity index (χ0n) is 8.75. The Hall–Kier alpha value is 0.170. The van der Waals surface area contributed by atoms with E-state index >= 15 is 0 Å². The third-order valence-electron chi connectivity index (χ3n) is 2.34. The van der Waals surface area contributed by atoms with Crippen LogP contribution in [0.4, 0.5) is 0 Å². The average molecular weight is 212 g/mol. The fourth-order valence-corrected chi connectivity index (χ4v) is 1.12. The number of halogens is 1. The normalized spacial score (nSPS) is 17.3. The lowest BCUT2D eigenvalue weighted by Gasteiger charge is -2.30. The highest BCUT2D eigenvalue weighted by Gasteiger charge is 2.28. The van der Waals surface area contributed by atoms with Crippen LogP contribution in [0, 0.1) is 0 Å². The lowest BCUT2D eigenvalue weighted by Crippen LogP contribution is -2.46. The third kappa shape index (κ3) is 5.47. The van der Waals surface area contributed by atoms with E-state index in [1.165, 1.54) is 0 Å². The zero-order chi connectivity index (χ0) is 9.61. The third-order valence-corrected chi connectivity index (χ3v) is 2.34. The van der Waals surface area contributed by atoms with Gasteiger partial charge >= 0.3 is 0 Å². The predicted molar refractivity (Wildman–Crippen MR) is 57.2 cm³/mol. The molecule has 3 N–H and O–H groups in total. The van der Waals surface area contributed by atoms with Crippen LogP contribution in [0.25, 0.3) is 0 Å². The van der Waals surface area contributed by atoms with Gasteiger partial charge in [-0.2, -0.15) is 0 Å². The molecular formula is C9H22ClNO2. The maximum absolute atomic E-state index is 9.92. The maximum Gasteiger partial charge on any atom is 0.0814 e. The van der Waals surface area contributed by atoms with E-state index in [0.29, 0.717) is 26.1 Å². The van der Waals surface area contributed by atoms with Gasteiger partial charge in [-0.3, -0.25) is 0 Å². The van der Waals surface area contributed by atoms with Gasteiger partial charge in [-0.1, -0.05) is 6.92 Å². The van der Waals surface area contributed by atoms with E-state index in [9.17, 15) is 5.11 Å². The van der Waals surface area contributed by atoms with Gasteiger partial charge in [0.05, 0.1) is 5.60 Å². The van der Waals surface area contributed by atoms with Crippen molar-refractivity contribution in [2.45, 2.75) is 45.3 Å². The number of ether oxygens (including phenoxy) is 1. The Morgan fingerprint density at radius 1 is 1.46 bits per heavy atom. The van der Waals surface area contributed by atoms with Crippen molar-refractivity contribution in [3.8, 4) is 0 Å². The topological polar surface area (TPSA) is 55.5 Å². The minimum atomic E-state index is -0.755. The molecule has 13 heavy (non-hydrogen) atoms. The molecule has 0 aliphatic rings. The van der Waals surface area contributed by atoms with E-state index in [2.05, 4.69) is 0 Å². The Morgan fingerprint density at radius 3 is 2.31 bits per heavy atom. The van der Waals surface area contributed by atoms with Crippen molar-refractivity contribution in [2.75, 3.05) is 13.2 Å². The summed E-state index contributed by atoms with van der Waals surface area (Å²) < 4.78 is 5.17. The molecule has 0 aliphatic carbocycles. The van der Waals surface area contributed by atoms with Gasteiger partial charge < -0.3 is 15.6 Å². The number of hydrogen-bond acceptors (Lipinski definition) is 3. The minimum Gasteiger partial charge on any atom is -0.388 e. The van der Waals surface area contributed by atoms with Crippen molar-refractivity contribution in [3.05, 3.63) is 0 Å². The molecule has 0 radical (unpaired) electrons. The van der Waals surface area contributed by atoms with Crippen LogP contribution in [-0.2, 0) is 4.74 Å². The van der Waals surface area contributed by atoms with Crippen LogP contribution in [0.2, 0.25) is 0 Å². The van der Waals surface area contributed by atoms with Crippen molar-refractivity contribution < 1.29 is 9.84 Å². The van der Waals surface area contributed by atoms with E-state index in [-0.39, 0.29) is 18.4 Å². The molecule has 0 aromatic heterocycles. The van der Waals surface area contributed by atoms with Gasteiger partial charge in [0.2, 0.25) is 0 Å². The maximum atomic E-state index is 9.92. The van der Waals surface area contributed by atoms with Crippen LogP contribution in [-0.4, -0.2) is 30.0 Å². The Morgan fingerprint density at radius 2 is 2.00 bits per heavy atom. The quantitative estimate of drug-likeness (QED) is 0.652. The Labute approximate surface area is 87.1 Å². The van der Waals surface area contributed by atoms with Crippen molar-refractivity contribution in [1.29, 1.82) is 0 Å². The molecule has 4 heteroatoms. The zero-order valence-corrected chi connectivity index (χ0v) is 9.56. The van der Waals surface area contributed by atoms with E-state index in [0.717, 1.165) is 0 Å². The van der Waals surface area contributed by atoms with E-state index in [1.807, 2.05) is 20.8 Å². The first-order valence-electron chi connectivity index (χ1n) is 4.62. The highest BCUT2D eigenvalue weighted by molar-refractivity contribution is 5.85. The second-order valence-electron chi connectivity index (χ2n) is 3.19. The molecular weight excluding hydrogens is 190 g/mol. The smallest absolute Gasteiger partial charge is 0.0814 e. The Bertz CT molecular complexity index is 122. The molecule has 0 saturated carbocycles. The summed E-state index contributed by atoms with van der Waals surface area (Å²) in [5.41, 5.74) is 4.90. The molecule has 0 amide bonds. The van der Waals surface area contributed by atoms with Crippen molar-refractivity contribution in [3.63, 3.8) is 0 Å². The monoisotopic (exact) mass is 211 g/mol. The molecule has 0 heterocycles. The Kier molecular flexibility index (Phi) is 9.09. The molecule has 82 valence electrons. The highest BCUT2D eigenvalue weighted by Crippen LogP contribution is 2.18. The molecule has 3 nitrogen and oxygen atoms in total. The standard InChI is InChI=1S/C9H21NO2.ClH/c1-4-9(11,8(3)10)6-7-12-5-2;/h8,11H,4-7,10H2,1-3H3;1H/t8-,9?;/m1./s1. The summed E-state index contributed by atoms with van der Waals surface area (Å²) >= 11 is 0. The lowest BCUT2D eigenvalue weighted by molar-refractivity contribution is -0.0173. The summed E-state index contributed by atoms with van der Waals surface area (Å²) in [7, 11) is 0. The summed E-state index contributed by atoms with van der Waals surface area (Å²) in [6.45, 7) is 6.99. The minimum absolute atomic E-state index is 0. The molecule has 1 unspecified atom stereocenters. The SMILES string of the molecule is CCOCCC(O)(CC)[C@@H](C)N.Cl. The molecule has 0 fully saturated rings. The predicted octanol–water partition coefficient (Wildman–Crippen LogP) is 1.32. The fraction of sp³-hybridized carbons (Fsp3) is 1.00. The molecule has 0 bridgehead atoms. The van der Waals surface area contributed by atoms with Gasteiger partial charge in [0.1, 0.15) is 0 Å². The van der Waals surface area contributed by atoms with Crippen molar-refractivity contribution in [1.82, 2.24) is 0 Å². The fourth-order valence-electron chi connectivity index (χ4n) is 1.12. The summed E-state index contributed by atoms with van der Waals surface area (Å²) in [4.78, 5) is 0. The lowest BCUT2D eigenvalue weighted by atomic mass is 9.90. The molecule has 0 saturated heterocycles. The molecule has 0 aromatic rings. The van der Waals surface area contributed by atoms with E-state index in [1.54, 1.807) is 0 Å². The summed E-state index contributed by atoms with van der Waals surface area (Å²) in [5, 5.41) is 9.92. The highest BCUT2D eigenvalue weighted by atomic mass is 35.5. The van der Waals surface area contributed by atoms with Gasteiger partial charge in [-0.15, -0.1) is 12.4 Å². The van der Waals surface area contributed by atoms with Crippen LogP contribution >= 0.6 is 12.4 Å². The first-order chi connectivity index (χ1) is 5.56. The van der Waals surface area contributed by atoms with Crippen LogP contribution in [0.1, 0.15) is 33.6 Å². The largest absolute Gasteiger partial charge is 0.388 e. The molecule has 0 aliphatic heterocycles. The van der Waals surface area contributed by atoms with Crippen LogP contribution in [0.15, 0.2) is 0 Å². The summed E-state index contributed by atoms with van der Waals surface area (Å²) in [5.74, 6) is 0. The Balaban J connectivity index is 0. The first-order valence-corrected chi connectivity index (χ1v) is 4.62. The number of nitrogens with two attached hydrogens (primary N) is 1. The molecule has 0 aromatic carbocycles. The van der Waals surface area contributed by atoms with E-state index < -0.39 is 5.60 Å². The van der Waals surface area contributed by atoms with Crippen molar-refractivity contribution in [2.24, 2.45) is 5.73 Å². The molecule has 0 rings (SSSR count). The number of rotatable bonds is 6. The van der Waals surface area contributed by atoms with Gasteiger partial charge in [0, 0.05) is 25.7 Å². The summed E-state index contributed by atoms with van der Waals surface area (Å²) in [6, 6.07) is -0.192. The van der Waals surface area contributed by atoms with Crippen LogP contribution in [0.3, 0.4) is 0 Å². The first kappa shape index (κ1) is 15.6. The average Bonchev–Trinajstić information content (AvgIpc) is 2.04. The van der Waals surface area contributed by atoms with Crippen LogP contribution < -0.4 is 5.73 Å². The number of hydrogen-bond donors (Lipinski definition) is 2. The summed E-state index contributed by atoms with van der Waals surface area (Å²) in [6.07, 6.45) is 1.30. The van der Waals surface area contributed by atoms with Gasteiger partial charge in [0.15, 0.2) is 0 Å². The molecule has 0 spiro atoms.